The van der Waals surface area contributed by atoms with E-state index in [1.54, 1.807) is 0 Å². The summed E-state index contributed by atoms with van der Waals surface area (Å²) < 4.78 is 19.3. The number of rotatable bonds is 6. The number of benzene rings is 2. The maximum absolute atomic E-state index is 13.4. The Morgan fingerprint density at radius 3 is 2.89 bits per heavy atom. The summed E-state index contributed by atoms with van der Waals surface area (Å²) in [6, 6.07) is 12.2. The lowest BCUT2D eigenvalue weighted by molar-refractivity contribution is 0.306. The highest BCUT2D eigenvalue weighted by molar-refractivity contribution is 5.81. The molecule has 4 nitrogen and oxygen atoms in total. The first-order valence-corrected chi connectivity index (χ1v) is 10.2. The third-order valence-electron chi connectivity index (χ3n) is 5.70. The molecule has 1 aliphatic heterocycles. The van der Waals surface area contributed by atoms with Gasteiger partial charge in [0.2, 0.25) is 0 Å². The van der Waals surface area contributed by atoms with Crippen molar-refractivity contribution in [2.75, 3.05) is 24.6 Å². The molecule has 28 heavy (non-hydrogen) atoms. The monoisotopic (exact) mass is 380 g/mol. The van der Waals surface area contributed by atoms with E-state index in [9.17, 15) is 4.39 Å². The Kier molecular flexibility index (Phi) is 5.51. The standard InChI is InChI=1S/C23H27FN3O/c1-3-4-14-28-22-7-5-6-21(16(22)2)27-12-10-17(11-13-27)23-19-9-8-18(24)15-20(19)25-26-23/h5-6,8-9,15,17H,3-4,10-14H2,1-2H3,(H,25,26). The van der Waals surface area contributed by atoms with E-state index in [4.69, 9.17) is 4.74 Å². The van der Waals surface area contributed by atoms with Crippen LogP contribution in [-0.2, 0) is 0 Å². The minimum atomic E-state index is -0.231. The summed E-state index contributed by atoms with van der Waals surface area (Å²) in [6.07, 6.45) is 4.24. The molecule has 2 aromatic carbocycles. The SMILES string of the molecule is CCCCOc1[c]ccc(N2CCC(c3n[nH]c4cc(F)ccc34)CC2)c1C. The molecule has 0 bridgehead atoms. The van der Waals surface area contributed by atoms with Crippen LogP contribution in [0.3, 0.4) is 0 Å². The van der Waals surface area contributed by atoms with Gasteiger partial charge in [0.05, 0.1) is 17.8 Å². The smallest absolute Gasteiger partial charge is 0.132 e. The number of anilines is 1. The molecular formula is C23H27FN3O. The summed E-state index contributed by atoms with van der Waals surface area (Å²) in [5.41, 5.74) is 4.24. The van der Waals surface area contributed by atoms with E-state index in [1.165, 1.54) is 17.8 Å². The van der Waals surface area contributed by atoms with E-state index in [-0.39, 0.29) is 5.82 Å². The van der Waals surface area contributed by atoms with Gasteiger partial charge in [-0.1, -0.05) is 13.3 Å². The third-order valence-corrected chi connectivity index (χ3v) is 5.70. The lowest BCUT2D eigenvalue weighted by Gasteiger charge is -2.34. The van der Waals surface area contributed by atoms with Gasteiger partial charge in [0.15, 0.2) is 0 Å². The number of H-pyrrole nitrogens is 1. The van der Waals surface area contributed by atoms with Crippen molar-refractivity contribution in [2.45, 2.75) is 45.4 Å². The summed E-state index contributed by atoms with van der Waals surface area (Å²) in [4.78, 5) is 2.43. The molecular weight excluding hydrogens is 353 g/mol. The van der Waals surface area contributed by atoms with Crippen molar-refractivity contribution in [3.63, 3.8) is 0 Å². The number of piperidine rings is 1. The number of hydrogen-bond acceptors (Lipinski definition) is 3. The number of halogens is 1. The Hall–Kier alpha value is -2.56. The van der Waals surface area contributed by atoms with Crippen molar-refractivity contribution < 1.29 is 9.13 Å². The largest absolute Gasteiger partial charge is 0.493 e. The van der Waals surface area contributed by atoms with Gasteiger partial charge in [0.1, 0.15) is 11.6 Å². The highest BCUT2D eigenvalue weighted by atomic mass is 19.1. The molecule has 1 radical (unpaired) electrons. The predicted octanol–water partition coefficient (Wildman–Crippen LogP) is 5.37. The van der Waals surface area contributed by atoms with Crippen LogP contribution in [0.25, 0.3) is 10.9 Å². The van der Waals surface area contributed by atoms with E-state index in [0.29, 0.717) is 5.92 Å². The first kappa shape index (κ1) is 18.8. The van der Waals surface area contributed by atoms with E-state index in [0.717, 1.165) is 73.3 Å². The number of nitrogens with zero attached hydrogens (tertiary/aromatic N) is 2. The maximum Gasteiger partial charge on any atom is 0.132 e. The average Bonchev–Trinajstić information content (AvgIpc) is 3.12. The van der Waals surface area contributed by atoms with Crippen LogP contribution in [0.1, 0.15) is 49.8 Å². The first-order chi connectivity index (χ1) is 13.7. The highest BCUT2D eigenvalue weighted by Gasteiger charge is 2.25. The predicted molar refractivity (Wildman–Crippen MR) is 111 cm³/mol. The zero-order valence-corrected chi connectivity index (χ0v) is 16.6. The molecule has 0 spiro atoms. The van der Waals surface area contributed by atoms with Crippen molar-refractivity contribution >= 4 is 16.6 Å². The molecule has 5 heteroatoms. The topological polar surface area (TPSA) is 41.1 Å². The Bertz CT molecular complexity index is 944. The van der Waals surface area contributed by atoms with Crippen LogP contribution in [0.15, 0.2) is 30.3 Å². The van der Waals surface area contributed by atoms with Crippen LogP contribution in [0.4, 0.5) is 10.1 Å². The van der Waals surface area contributed by atoms with E-state index >= 15 is 0 Å². The second-order valence-corrected chi connectivity index (χ2v) is 7.58. The number of unbranched alkanes of at least 4 members (excludes halogenated alkanes) is 1. The third kappa shape index (κ3) is 3.71. The molecule has 1 aliphatic rings. The molecule has 3 aromatic rings. The Morgan fingerprint density at radius 1 is 1.29 bits per heavy atom. The summed E-state index contributed by atoms with van der Waals surface area (Å²) >= 11 is 0. The number of nitrogens with one attached hydrogen (secondary N) is 1. The van der Waals surface area contributed by atoms with Gasteiger partial charge in [-0.25, -0.2) is 4.39 Å². The first-order valence-electron chi connectivity index (χ1n) is 10.2. The van der Waals surface area contributed by atoms with Crippen molar-refractivity contribution in [1.29, 1.82) is 0 Å². The molecule has 1 N–H and O–H groups in total. The van der Waals surface area contributed by atoms with Crippen LogP contribution >= 0.6 is 0 Å². The number of ether oxygens (including phenoxy) is 1. The minimum Gasteiger partial charge on any atom is -0.493 e. The minimum absolute atomic E-state index is 0.231. The van der Waals surface area contributed by atoms with Crippen LogP contribution in [0, 0.1) is 18.8 Å². The molecule has 2 heterocycles. The van der Waals surface area contributed by atoms with E-state index in [1.807, 2.05) is 12.1 Å². The second kappa shape index (κ2) is 8.21. The molecule has 4 rings (SSSR count). The van der Waals surface area contributed by atoms with Crippen molar-refractivity contribution in [3.8, 4) is 5.75 Å². The van der Waals surface area contributed by atoms with Crippen molar-refractivity contribution in [1.82, 2.24) is 10.2 Å². The van der Waals surface area contributed by atoms with Crippen molar-refractivity contribution in [2.24, 2.45) is 0 Å². The van der Waals surface area contributed by atoms with Gasteiger partial charge in [-0.05, 0) is 56.5 Å². The molecule has 0 amide bonds. The fraction of sp³-hybridized carbons (Fsp3) is 0.435. The normalized spacial score (nSPS) is 15.3. The van der Waals surface area contributed by atoms with Gasteiger partial charge in [-0.3, -0.25) is 5.10 Å². The number of aromatic nitrogens is 2. The molecule has 1 fully saturated rings. The van der Waals surface area contributed by atoms with Crippen molar-refractivity contribution in [3.05, 3.63) is 53.5 Å². The summed E-state index contributed by atoms with van der Waals surface area (Å²) in [7, 11) is 0. The van der Waals surface area contributed by atoms with Gasteiger partial charge in [-0.2, -0.15) is 5.10 Å². The van der Waals surface area contributed by atoms with Crippen LogP contribution in [-0.4, -0.2) is 29.9 Å². The zero-order valence-electron chi connectivity index (χ0n) is 16.6. The molecule has 1 aromatic heterocycles. The molecule has 0 aliphatic carbocycles. The summed E-state index contributed by atoms with van der Waals surface area (Å²) in [5.74, 6) is 1.03. The lowest BCUT2D eigenvalue weighted by Crippen LogP contribution is -2.33. The lowest BCUT2D eigenvalue weighted by atomic mass is 9.91. The quantitative estimate of drug-likeness (QED) is 0.584. The molecule has 0 saturated carbocycles. The van der Waals surface area contributed by atoms with Gasteiger partial charge in [0.25, 0.3) is 0 Å². The second-order valence-electron chi connectivity index (χ2n) is 7.58. The van der Waals surface area contributed by atoms with Gasteiger partial charge < -0.3 is 9.64 Å². The molecule has 147 valence electrons. The van der Waals surface area contributed by atoms with Gasteiger partial charge >= 0.3 is 0 Å². The van der Waals surface area contributed by atoms with Gasteiger partial charge in [0, 0.05) is 41.7 Å². The zero-order chi connectivity index (χ0) is 19.5. The highest BCUT2D eigenvalue weighted by Crippen LogP contribution is 2.35. The Balaban J connectivity index is 1.46. The Morgan fingerprint density at radius 2 is 2.11 bits per heavy atom. The fourth-order valence-corrected chi connectivity index (χ4v) is 4.07. The Labute approximate surface area is 165 Å². The van der Waals surface area contributed by atoms with E-state index in [2.05, 4.69) is 41.1 Å². The summed E-state index contributed by atoms with van der Waals surface area (Å²) in [5, 5.41) is 8.52. The number of hydrogen-bond donors (Lipinski definition) is 1. The fourth-order valence-electron chi connectivity index (χ4n) is 4.07. The summed E-state index contributed by atoms with van der Waals surface area (Å²) in [6.45, 7) is 6.97. The maximum atomic E-state index is 13.4. The molecule has 1 saturated heterocycles. The van der Waals surface area contributed by atoms with E-state index < -0.39 is 0 Å². The van der Waals surface area contributed by atoms with Crippen LogP contribution in [0.5, 0.6) is 5.75 Å². The number of aromatic amines is 1. The average molecular weight is 380 g/mol. The van der Waals surface area contributed by atoms with Crippen LogP contribution in [0.2, 0.25) is 0 Å². The number of fused-ring (bicyclic) bond motifs is 1. The van der Waals surface area contributed by atoms with Gasteiger partial charge in [-0.15, -0.1) is 0 Å². The van der Waals surface area contributed by atoms with Crippen LogP contribution < -0.4 is 9.64 Å². The molecule has 0 atom stereocenters. The molecule has 0 unspecified atom stereocenters.